The molecule has 0 spiro atoms. The Labute approximate surface area is 105 Å². The van der Waals surface area contributed by atoms with Crippen LogP contribution in [0.1, 0.15) is 23.7 Å². The van der Waals surface area contributed by atoms with E-state index < -0.39 is 0 Å². The quantitative estimate of drug-likeness (QED) is 0.550. The number of hydrogen-bond acceptors (Lipinski definition) is 3. The molecular formula is C11H15N3O2S. The Balaban J connectivity index is 2.74. The van der Waals surface area contributed by atoms with Crippen molar-refractivity contribution >= 4 is 23.2 Å². The zero-order valence-electron chi connectivity index (χ0n) is 9.53. The van der Waals surface area contributed by atoms with Gasteiger partial charge in [-0.3, -0.25) is 15.6 Å². The number of carbonyl (C=O) groups is 1. The molecule has 1 rings (SSSR count). The molecule has 0 atom stereocenters. The summed E-state index contributed by atoms with van der Waals surface area (Å²) in [6.45, 7) is 2.56. The Morgan fingerprint density at radius 1 is 1.41 bits per heavy atom. The van der Waals surface area contributed by atoms with Crippen molar-refractivity contribution in [3.05, 3.63) is 29.8 Å². The molecule has 0 saturated carbocycles. The van der Waals surface area contributed by atoms with Crippen LogP contribution >= 0.6 is 12.2 Å². The first kappa shape index (κ1) is 13.2. The van der Waals surface area contributed by atoms with Crippen molar-refractivity contribution in [2.24, 2.45) is 5.73 Å². The van der Waals surface area contributed by atoms with E-state index in [9.17, 15) is 4.79 Å². The van der Waals surface area contributed by atoms with Gasteiger partial charge in [-0.25, -0.2) is 0 Å². The summed E-state index contributed by atoms with van der Waals surface area (Å²) in [6, 6.07) is 6.98. The van der Waals surface area contributed by atoms with E-state index in [1.165, 1.54) is 0 Å². The summed E-state index contributed by atoms with van der Waals surface area (Å²) in [4.78, 5) is 11.8. The number of rotatable bonds is 4. The maximum atomic E-state index is 11.8. The van der Waals surface area contributed by atoms with Crippen molar-refractivity contribution in [1.29, 1.82) is 0 Å². The fourth-order valence-corrected chi connectivity index (χ4v) is 1.23. The fourth-order valence-electron chi connectivity index (χ4n) is 1.18. The number of carbonyl (C=O) groups excluding carboxylic acids is 1. The summed E-state index contributed by atoms with van der Waals surface area (Å²) < 4.78 is 5.46. The molecule has 0 radical (unpaired) electrons. The van der Waals surface area contributed by atoms with Gasteiger partial charge < -0.3 is 10.5 Å². The van der Waals surface area contributed by atoms with Gasteiger partial charge in [-0.15, -0.1) is 0 Å². The van der Waals surface area contributed by atoms with Crippen LogP contribution in [0, 0.1) is 0 Å². The van der Waals surface area contributed by atoms with Crippen LogP contribution in [0.5, 0.6) is 5.75 Å². The minimum atomic E-state index is -0.343. The lowest BCUT2D eigenvalue weighted by Gasteiger charge is -2.11. The van der Waals surface area contributed by atoms with Crippen LogP contribution in [-0.2, 0) is 0 Å². The molecule has 5 nitrogen and oxygen atoms in total. The molecule has 0 fully saturated rings. The molecule has 6 heteroatoms. The average Bonchev–Trinajstić information content (AvgIpc) is 2.33. The molecule has 0 bridgehead atoms. The number of ether oxygens (including phenoxy) is 1. The highest BCUT2D eigenvalue weighted by molar-refractivity contribution is 7.80. The number of benzene rings is 1. The van der Waals surface area contributed by atoms with Gasteiger partial charge in [0.25, 0.3) is 5.91 Å². The van der Waals surface area contributed by atoms with Crippen LogP contribution in [-0.4, -0.2) is 17.6 Å². The lowest BCUT2D eigenvalue weighted by molar-refractivity contribution is 0.0940. The number of nitrogens with one attached hydrogen (secondary N) is 2. The molecule has 0 aromatic heterocycles. The van der Waals surface area contributed by atoms with Gasteiger partial charge in [0, 0.05) is 0 Å². The van der Waals surface area contributed by atoms with Gasteiger partial charge in [-0.1, -0.05) is 19.1 Å². The van der Waals surface area contributed by atoms with Crippen molar-refractivity contribution in [3.63, 3.8) is 0 Å². The smallest absolute Gasteiger partial charge is 0.273 e. The number of amides is 1. The van der Waals surface area contributed by atoms with Crippen LogP contribution in [0.25, 0.3) is 0 Å². The summed E-state index contributed by atoms with van der Waals surface area (Å²) >= 11 is 4.59. The monoisotopic (exact) mass is 253 g/mol. The molecule has 0 aliphatic rings. The topological polar surface area (TPSA) is 76.4 Å². The van der Waals surface area contributed by atoms with Crippen LogP contribution < -0.4 is 21.3 Å². The Kier molecular flexibility index (Phi) is 5.22. The van der Waals surface area contributed by atoms with Crippen molar-refractivity contribution in [2.75, 3.05) is 6.61 Å². The molecule has 0 unspecified atom stereocenters. The molecule has 17 heavy (non-hydrogen) atoms. The fraction of sp³-hybridized carbons (Fsp3) is 0.273. The van der Waals surface area contributed by atoms with Gasteiger partial charge in [0.1, 0.15) is 5.75 Å². The first-order chi connectivity index (χ1) is 8.15. The summed E-state index contributed by atoms with van der Waals surface area (Å²) in [6.07, 6.45) is 0.876. The highest BCUT2D eigenvalue weighted by atomic mass is 32.1. The molecule has 92 valence electrons. The first-order valence-corrected chi connectivity index (χ1v) is 5.63. The molecular weight excluding hydrogens is 238 g/mol. The molecule has 1 aromatic carbocycles. The third-order valence-electron chi connectivity index (χ3n) is 1.89. The molecule has 1 aromatic rings. The lowest BCUT2D eigenvalue weighted by atomic mass is 10.2. The lowest BCUT2D eigenvalue weighted by Crippen LogP contribution is -2.44. The zero-order valence-corrected chi connectivity index (χ0v) is 10.3. The van der Waals surface area contributed by atoms with E-state index in [1.807, 2.05) is 13.0 Å². The number of hydrogen-bond donors (Lipinski definition) is 3. The van der Waals surface area contributed by atoms with E-state index >= 15 is 0 Å². The second-order valence-electron chi connectivity index (χ2n) is 3.29. The maximum absolute atomic E-state index is 11.8. The summed E-state index contributed by atoms with van der Waals surface area (Å²) in [5.41, 5.74) is 10.4. The Bertz CT molecular complexity index is 409. The Morgan fingerprint density at radius 3 is 2.76 bits per heavy atom. The predicted octanol–water partition coefficient (Wildman–Crippen LogP) is 0.953. The number of hydrazine groups is 1. The highest BCUT2D eigenvalue weighted by Crippen LogP contribution is 2.17. The Hall–Kier alpha value is -1.82. The van der Waals surface area contributed by atoms with E-state index in [2.05, 4.69) is 23.1 Å². The van der Waals surface area contributed by atoms with Crippen molar-refractivity contribution in [3.8, 4) is 5.75 Å². The highest BCUT2D eigenvalue weighted by Gasteiger charge is 2.11. The number of para-hydroxylation sites is 1. The molecule has 0 aliphatic heterocycles. The molecule has 0 aliphatic carbocycles. The van der Waals surface area contributed by atoms with Crippen molar-refractivity contribution < 1.29 is 9.53 Å². The van der Waals surface area contributed by atoms with Gasteiger partial charge >= 0.3 is 0 Å². The first-order valence-electron chi connectivity index (χ1n) is 5.22. The maximum Gasteiger partial charge on any atom is 0.273 e. The van der Waals surface area contributed by atoms with Gasteiger partial charge in [0.05, 0.1) is 12.2 Å². The second kappa shape index (κ2) is 6.70. The van der Waals surface area contributed by atoms with Crippen LogP contribution in [0.2, 0.25) is 0 Å². The molecule has 0 saturated heterocycles. The molecule has 4 N–H and O–H groups in total. The number of nitrogens with two attached hydrogens (primary N) is 1. The predicted molar refractivity (Wildman–Crippen MR) is 69.6 cm³/mol. The van der Waals surface area contributed by atoms with Crippen LogP contribution in [0.3, 0.4) is 0 Å². The van der Waals surface area contributed by atoms with Crippen molar-refractivity contribution in [1.82, 2.24) is 10.9 Å². The Morgan fingerprint density at radius 2 is 2.12 bits per heavy atom. The normalized spacial score (nSPS) is 9.47. The molecule has 1 amide bonds. The van der Waals surface area contributed by atoms with E-state index in [1.54, 1.807) is 18.2 Å². The standard InChI is InChI=1S/C11H15N3O2S/c1-2-7-16-9-6-4-3-5-8(9)10(15)13-14-11(12)17/h3-6H,2,7H2,1H3,(H,13,15)(H3,12,14,17). The van der Waals surface area contributed by atoms with Gasteiger partial charge in [0.15, 0.2) is 5.11 Å². The minimum absolute atomic E-state index is 0.00491. The van der Waals surface area contributed by atoms with E-state index in [0.717, 1.165) is 6.42 Å². The summed E-state index contributed by atoms with van der Waals surface area (Å²) in [5.74, 6) is 0.195. The van der Waals surface area contributed by atoms with E-state index in [-0.39, 0.29) is 11.0 Å². The van der Waals surface area contributed by atoms with E-state index in [0.29, 0.717) is 17.9 Å². The third kappa shape index (κ3) is 4.28. The van der Waals surface area contributed by atoms with Gasteiger partial charge in [-0.05, 0) is 30.8 Å². The van der Waals surface area contributed by atoms with Crippen LogP contribution in [0.15, 0.2) is 24.3 Å². The average molecular weight is 253 g/mol. The van der Waals surface area contributed by atoms with Gasteiger partial charge in [-0.2, -0.15) is 0 Å². The minimum Gasteiger partial charge on any atom is -0.493 e. The third-order valence-corrected chi connectivity index (χ3v) is 1.99. The van der Waals surface area contributed by atoms with Crippen molar-refractivity contribution in [2.45, 2.75) is 13.3 Å². The van der Waals surface area contributed by atoms with E-state index in [4.69, 9.17) is 10.5 Å². The summed E-state index contributed by atoms with van der Waals surface area (Å²) in [5, 5.41) is 0.00491. The summed E-state index contributed by atoms with van der Waals surface area (Å²) in [7, 11) is 0. The van der Waals surface area contributed by atoms with Crippen LogP contribution in [0.4, 0.5) is 0 Å². The molecule has 0 heterocycles. The SMILES string of the molecule is CCCOc1ccccc1C(=O)NNC(N)=S. The second-order valence-corrected chi connectivity index (χ2v) is 3.73. The zero-order chi connectivity index (χ0) is 12.7. The number of thiocarbonyl (C=S) groups is 1. The largest absolute Gasteiger partial charge is 0.493 e. The van der Waals surface area contributed by atoms with Gasteiger partial charge in [0.2, 0.25) is 0 Å².